The molecule has 0 spiro atoms. The number of carbonyl (C=O) groups is 2. The lowest BCUT2D eigenvalue weighted by Gasteiger charge is -2.11. The predicted octanol–water partition coefficient (Wildman–Crippen LogP) is 3.08. The zero-order valence-electron chi connectivity index (χ0n) is 18.5. The molecule has 1 amide bonds. The third-order valence-electron chi connectivity index (χ3n) is 5.91. The summed E-state index contributed by atoms with van der Waals surface area (Å²) >= 11 is 1.45. The number of hydrogen-bond donors (Lipinski definition) is 1. The van der Waals surface area contributed by atoms with Gasteiger partial charge in [-0.3, -0.25) is 18.6 Å². The fraction of sp³-hybridized carbons (Fsp3) is 0.348. The summed E-state index contributed by atoms with van der Waals surface area (Å²) in [6.07, 6.45) is 2.66. The summed E-state index contributed by atoms with van der Waals surface area (Å²) in [5.41, 5.74) is 1.87. The molecular formula is C23H23N5O4S. The lowest BCUT2D eigenvalue weighted by molar-refractivity contribution is -0.118. The molecule has 5 rings (SSSR count). The van der Waals surface area contributed by atoms with Crippen molar-refractivity contribution in [1.82, 2.24) is 19.2 Å². The number of aryl methyl sites for hydroxylation is 2. The van der Waals surface area contributed by atoms with Crippen LogP contribution in [-0.4, -0.2) is 31.0 Å². The Kier molecular flexibility index (Phi) is 5.24. The highest BCUT2D eigenvalue weighted by atomic mass is 32.1. The number of benzene rings is 1. The van der Waals surface area contributed by atoms with E-state index in [4.69, 9.17) is 4.74 Å². The van der Waals surface area contributed by atoms with Crippen LogP contribution in [-0.2, 0) is 36.0 Å². The normalized spacial score (nSPS) is 13.1. The van der Waals surface area contributed by atoms with Crippen molar-refractivity contribution in [2.75, 3.05) is 5.32 Å². The molecule has 1 N–H and O–H groups in total. The van der Waals surface area contributed by atoms with Crippen LogP contribution < -0.4 is 10.9 Å². The van der Waals surface area contributed by atoms with Crippen molar-refractivity contribution in [2.24, 2.45) is 13.0 Å². The van der Waals surface area contributed by atoms with E-state index in [-0.39, 0.29) is 24.0 Å². The maximum absolute atomic E-state index is 13.2. The second kappa shape index (κ2) is 8.11. The van der Waals surface area contributed by atoms with E-state index in [9.17, 15) is 14.4 Å². The highest BCUT2D eigenvalue weighted by Gasteiger charge is 2.29. The second-order valence-corrected chi connectivity index (χ2v) is 9.52. The molecule has 1 aromatic carbocycles. The number of fused-ring (bicyclic) bond motifs is 4. The Labute approximate surface area is 193 Å². The number of amides is 1. The number of esters is 1. The summed E-state index contributed by atoms with van der Waals surface area (Å²) < 4.78 is 8.82. The quantitative estimate of drug-likeness (QED) is 0.454. The van der Waals surface area contributed by atoms with Crippen LogP contribution in [0.1, 0.15) is 46.9 Å². The van der Waals surface area contributed by atoms with E-state index >= 15 is 0 Å². The van der Waals surface area contributed by atoms with Gasteiger partial charge in [-0.2, -0.15) is 0 Å². The van der Waals surface area contributed by atoms with E-state index in [1.807, 2.05) is 26.0 Å². The van der Waals surface area contributed by atoms with Crippen molar-refractivity contribution in [3.05, 3.63) is 56.4 Å². The van der Waals surface area contributed by atoms with Crippen molar-refractivity contribution in [1.29, 1.82) is 0 Å². The van der Waals surface area contributed by atoms with Gasteiger partial charge in [-0.25, -0.2) is 4.79 Å². The Bertz CT molecular complexity index is 1480. The number of rotatable bonds is 5. The zero-order valence-corrected chi connectivity index (χ0v) is 19.4. The molecule has 4 aromatic rings. The number of para-hydroxylation sites is 1. The smallest absolute Gasteiger partial charge is 0.341 e. The van der Waals surface area contributed by atoms with Gasteiger partial charge in [0.15, 0.2) is 12.4 Å². The Hall–Kier alpha value is -3.53. The number of anilines is 1. The van der Waals surface area contributed by atoms with E-state index < -0.39 is 5.97 Å². The Morgan fingerprint density at radius 1 is 1.21 bits per heavy atom. The highest BCUT2D eigenvalue weighted by molar-refractivity contribution is 7.17. The third-order valence-corrected chi connectivity index (χ3v) is 7.12. The molecule has 0 fully saturated rings. The maximum atomic E-state index is 13.2. The molecule has 0 saturated heterocycles. The fourth-order valence-electron chi connectivity index (χ4n) is 4.15. The Morgan fingerprint density at radius 3 is 2.79 bits per heavy atom. The minimum atomic E-state index is -0.501. The molecule has 0 unspecified atom stereocenters. The van der Waals surface area contributed by atoms with Crippen molar-refractivity contribution in [2.45, 2.75) is 39.7 Å². The van der Waals surface area contributed by atoms with Crippen LogP contribution in [0.25, 0.3) is 16.7 Å². The summed E-state index contributed by atoms with van der Waals surface area (Å²) in [6.45, 7) is 3.50. The average molecular weight is 466 g/mol. The topological polar surface area (TPSA) is 108 Å². The number of thiophene rings is 1. The molecule has 3 heterocycles. The molecule has 0 saturated carbocycles. The largest absolute Gasteiger partial charge is 0.454 e. The summed E-state index contributed by atoms with van der Waals surface area (Å²) in [5, 5.41) is 12.3. The Morgan fingerprint density at radius 2 is 2.00 bits per heavy atom. The standard InChI is InChI=1S/C23H23N5O4S/c1-12(2)19(29)24-20-18(14-8-6-10-16(14)33-20)22(31)32-11-17-25-26-23-27(3)21(30)13-7-4-5-9-15(13)28(17)23/h4-5,7,9,12H,6,8,10-11H2,1-3H3,(H,24,29). The number of hydrogen-bond acceptors (Lipinski definition) is 7. The molecule has 0 aliphatic heterocycles. The van der Waals surface area contributed by atoms with Gasteiger partial charge in [0.25, 0.3) is 5.56 Å². The van der Waals surface area contributed by atoms with Crippen molar-refractivity contribution < 1.29 is 14.3 Å². The van der Waals surface area contributed by atoms with Crippen LogP contribution in [0.4, 0.5) is 5.00 Å². The first-order valence-corrected chi connectivity index (χ1v) is 11.6. The molecule has 33 heavy (non-hydrogen) atoms. The predicted molar refractivity (Wildman–Crippen MR) is 125 cm³/mol. The van der Waals surface area contributed by atoms with Crippen molar-refractivity contribution in [3.63, 3.8) is 0 Å². The second-order valence-electron chi connectivity index (χ2n) is 8.41. The molecule has 0 radical (unpaired) electrons. The number of carbonyl (C=O) groups excluding carboxylic acids is 2. The van der Waals surface area contributed by atoms with Gasteiger partial charge in [-0.05, 0) is 37.0 Å². The molecular weight excluding hydrogens is 442 g/mol. The van der Waals surface area contributed by atoms with Gasteiger partial charge >= 0.3 is 5.97 Å². The molecule has 3 aromatic heterocycles. The lowest BCUT2D eigenvalue weighted by Crippen LogP contribution is -2.21. The molecule has 1 aliphatic carbocycles. The molecule has 9 nitrogen and oxygen atoms in total. The summed E-state index contributed by atoms with van der Waals surface area (Å²) in [6, 6.07) is 7.17. The monoisotopic (exact) mass is 465 g/mol. The van der Waals surface area contributed by atoms with Crippen LogP contribution in [0.3, 0.4) is 0 Å². The van der Waals surface area contributed by atoms with Gasteiger partial charge in [0.1, 0.15) is 5.00 Å². The first kappa shape index (κ1) is 21.3. The number of nitrogens with one attached hydrogen (secondary N) is 1. The van der Waals surface area contributed by atoms with Crippen LogP contribution in [0.2, 0.25) is 0 Å². The van der Waals surface area contributed by atoms with Crippen molar-refractivity contribution in [3.8, 4) is 0 Å². The van der Waals surface area contributed by atoms with E-state index in [1.165, 1.54) is 15.9 Å². The highest BCUT2D eigenvalue weighted by Crippen LogP contribution is 2.39. The van der Waals surface area contributed by atoms with Gasteiger partial charge in [-0.1, -0.05) is 26.0 Å². The average Bonchev–Trinajstić information content (AvgIpc) is 3.50. The molecule has 1 aliphatic rings. The molecule has 170 valence electrons. The van der Waals surface area contributed by atoms with Crippen LogP contribution in [0.5, 0.6) is 0 Å². The van der Waals surface area contributed by atoms with Gasteiger partial charge in [-0.15, -0.1) is 21.5 Å². The zero-order chi connectivity index (χ0) is 23.3. The van der Waals surface area contributed by atoms with Crippen molar-refractivity contribution >= 4 is 44.9 Å². The fourth-order valence-corrected chi connectivity index (χ4v) is 5.43. The summed E-state index contributed by atoms with van der Waals surface area (Å²) in [4.78, 5) is 39.2. The minimum Gasteiger partial charge on any atom is -0.454 e. The van der Waals surface area contributed by atoms with Gasteiger partial charge in [0.2, 0.25) is 11.7 Å². The molecule has 0 bridgehead atoms. The number of ether oxygens (including phenoxy) is 1. The van der Waals surface area contributed by atoms with Gasteiger partial charge in [0.05, 0.1) is 16.5 Å². The minimum absolute atomic E-state index is 0.121. The molecule has 10 heteroatoms. The van der Waals surface area contributed by atoms with E-state index in [2.05, 4.69) is 15.5 Å². The van der Waals surface area contributed by atoms with E-state index in [0.29, 0.717) is 33.1 Å². The number of aromatic nitrogens is 4. The first-order chi connectivity index (χ1) is 15.9. The van der Waals surface area contributed by atoms with Gasteiger partial charge in [0, 0.05) is 17.8 Å². The SMILES string of the molecule is CC(C)C(=O)Nc1sc2c(c1C(=O)OCc1nnc3n(C)c(=O)c4ccccc4n13)CCC2. The summed E-state index contributed by atoms with van der Waals surface area (Å²) in [7, 11) is 1.63. The molecule has 0 atom stereocenters. The summed E-state index contributed by atoms with van der Waals surface area (Å²) in [5.74, 6) is -0.0666. The maximum Gasteiger partial charge on any atom is 0.341 e. The van der Waals surface area contributed by atoms with E-state index in [1.54, 1.807) is 23.6 Å². The van der Waals surface area contributed by atoms with Gasteiger partial charge < -0.3 is 10.1 Å². The van der Waals surface area contributed by atoms with Crippen LogP contribution >= 0.6 is 11.3 Å². The lowest BCUT2D eigenvalue weighted by atomic mass is 10.1. The number of nitrogens with zero attached hydrogens (tertiary/aromatic N) is 4. The third kappa shape index (κ3) is 3.50. The van der Waals surface area contributed by atoms with Crippen LogP contribution in [0.15, 0.2) is 29.1 Å². The van der Waals surface area contributed by atoms with E-state index in [0.717, 1.165) is 29.7 Å². The first-order valence-electron chi connectivity index (χ1n) is 10.8. The van der Waals surface area contributed by atoms with Crippen LogP contribution in [0, 0.1) is 5.92 Å². The Balaban J connectivity index is 1.48.